The fraction of sp³-hybridized carbons (Fsp3) is 0.364. The molecule has 0 spiro atoms. The highest BCUT2D eigenvalue weighted by Gasteiger charge is 2.34. The number of amides is 1. The number of carbonyl (C=O) groups is 1. The average molecular weight is 452 g/mol. The van der Waals surface area contributed by atoms with Gasteiger partial charge in [-0.1, -0.05) is 30.1 Å². The molecule has 0 saturated carbocycles. The first-order chi connectivity index (χ1) is 14.1. The molecule has 0 bridgehead atoms. The van der Waals surface area contributed by atoms with E-state index in [1.165, 1.54) is 18.3 Å². The number of nitrogens with one attached hydrogen (secondary N) is 1. The number of nitrogens with zero attached hydrogens (tertiary/aromatic N) is 2. The zero-order valence-corrected chi connectivity index (χ0v) is 18.8. The lowest BCUT2D eigenvalue weighted by Gasteiger charge is -2.45. The number of carbonyl (C=O) groups excluding carboxylic acids is 1. The molecule has 1 N–H and O–H groups in total. The normalized spacial score (nSPS) is 17.7. The summed E-state index contributed by atoms with van der Waals surface area (Å²) in [5, 5.41) is 4.63. The smallest absolute Gasteiger partial charge is 0.277 e. The van der Waals surface area contributed by atoms with Gasteiger partial charge in [0.15, 0.2) is 6.61 Å². The number of hydrogen-bond acceptors (Lipinski definition) is 4. The van der Waals surface area contributed by atoms with E-state index in [4.69, 9.17) is 27.9 Å². The van der Waals surface area contributed by atoms with Gasteiger partial charge in [-0.05, 0) is 62.1 Å². The molecule has 5 nitrogen and oxygen atoms in total. The molecular formula is C22H24Cl2FN3O2. The van der Waals surface area contributed by atoms with E-state index in [9.17, 15) is 9.18 Å². The van der Waals surface area contributed by atoms with Gasteiger partial charge in [0.1, 0.15) is 11.6 Å². The van der Waals surface area contributed by atoms with E-state index in [0.717, 1.165) is 17.7 Å². The van der Waals surface area contributed by atoms with E-state index in [2.05, 4.69) is 36.2 Å². The van der Waals surface area contributed by atoms with Crippen LogP contribution in [0.3, 0.4) is 0 Å². The molecule has 8 heteroatoms. The van der Waals surface area contributed by atoms with Crippen molar-refractivity contribution in [2.75, 3.05) is 18.6 Å². The summed E-state index contributed by atoms with van der Waals surface area (Å²) in [4.78, 5) is 14.1. The lowest BCUT2D eigenvalue weighted by molar-refractivity contribution is -0.123. The summed E-state index contributed by atoms with van der Waals surface area (Å²) in [6.07, 6.45) is 2.26. The van der Waals surface area contributed by atoms with Gasteiger partial charge in [-0.25, -0.2) is 9.82 Å². The van der Waals surface area contributed by atoms with E-state index in [1.807, 2.05) is 7.05 Å². The summed E-state index contributed by atoms with van der Waals surface area (Å²) in [7, 11) is 1.98. The second-order valence-corrected chi connectivity index (χ2v) is 8.91. The van der Waals surface area contributed by atoms with Crippen molar-refractivity contribution in [1.82, 2.24) is 5.43 Å². The van der Waals surface area contributed by atoms with Crippen LogP contribution in [0, 0.1) is 5.82 Å². The van der Waals surface area contributed by atoms with Gasteiger partial charge >= 0.3 is 0 Å². The van der Waals surface area contributed by atoms with Crippen molar-refractivity contribution in [3.05, 3.63) is 57.3 Å². The maximum Gasteiger partial charge on any atom is 0.277 e. The van der Waals surface area contributed by atoms with E-state index in [-0.39, 0.29) is 18.1 Å². The van der Waals surface area contributed by atoms with Crippen LogP contribution < -0.4 is 15.1 Å². The fourth-order valence-electron chi connectivity index (χ4n) is 3.65. The molecule has 1 aliphatic heterocycles. The highest BCUT2D eigenvalue weighted by Crippen LogP contribution is 2.43. The van der Waals surface area contributed by atoms with Gasteiger partial charge in [0.05, 0.1) is 11.2 Å². The highest BCUT2D eigenvalue weighted by atomic mass is 35.5. The van der Waals surface area contributed by atoms with Crippen LogP contribution in [0.15, 0.2) is 35.4 Å². The molecule has 2 aromatic carbocycles. The van der Waals surface area contributed by atoms with Gasteiger partial charge in [0.2, 0.25) is 0 Å². The average Bonchev–Trinajstić information content (AvgIpc) is 2.66. The number of halogens is 3. The molecule has 0 aliphatic carbocycles. The Kier molecular flexibility index (Phi) is 6.58. The third-order valence-corrected chi connectivity index (χ3v) is 5.93. The van der Waals surface area contributed by atoms with Crippen molar-refractivity contribution in [3.63, 3.8) is 0 Å². The summed E-state index contributed by atoms with van der Waals surface area (Å²) < 4.78 is 20.0. The molecule has 0 fully saturated rings. The maximum atomic E-state index is 14.6. The Morgan fingerprint density at radius 3 is 2.80 bits per heavy atom. The fourth-order valence-corrected chi connectivity index (χ4v) is 4.11. The first kappa shape index (κ1) is 22.4. The Bertz CT molecular complexity index is 995. The number of benzene rings is 2. The molecule has 3 rings (SSSR count). The van der Waals surface area contributed by atoms with Crippen molar-refractivity contribution in [1.29, 1.82) is 0 Å². The van der Waals surface area contributed by atoms with Gasteiger partial charge in [-0.2, -0.15) is 5.10 Å². The molecular weight excluding hydrogens is 428 g/mol. The molecule has 0 saturated heterocycles. The molecule has 30 heavy (non-hydrogen) atoms. The highest BCUT2D eigenvalue weighted by molar-refractivity contribution is 6.35. The standard InChI is InChI=1S/C22H24Cl2FN3O2/c1-13-10-22(2,3)28(4)19-9-18(25)14(7-16(13)19)11-26-27-21(29)12-30-20-6-5-15(23)8-17(20)24/h5-9,11,13H,10,12H2,1-4H3,(H,27,29)/b26-11+. The maximum absolute atomic E-state index is 14.6. The molecule has 1 atom stereocenters. The quantitative estimate of drug-likeness (QED) is 0.489. The van der Waals surface area contributed by atoms with Crippen molar-refractivity contribution in [2.24, 2.45) is 5.10 Å². The van der Waals surface area contributed by atoms with Crippen LogP contribution in [0.25, 0.3) is 0 Å². The van der Waals surface area contributed by atoms with Crippen LogP contribution in [0.4, 0.5) is 10.1 Å². The van der Waals surface area contributed by atoms with Gasteiger partial charge in [0, 0.05) is 28.9 Å². The van der Waals surface area contributed by atoms with Crippen LogP contribution in [0.1, 0.15) is 44.2 Å². The third kappa shape index (κ3) is 4.87. The van der Waals surface area contributed by atoms with Crippen molar-refractivity contribution in [3.8, 4) is 5.75 Å². The summed E-state index contributed by atoms with van der Waals surface area (Å²) in [6.45, 7) is 6.14. The summed E-state index contributed by atoms with van der Waals surface area (Å²) in [5.41, 5.74) is 4.54. The van der Waals surface area contributed by atoms with E-state index < -0.39 is 11.7 Å². The first-order valence-corrected chi connectivity index (χ1v) is 10.3. The van der Waals surface area contributed by atoms with Crippen LogP contribution in [-0.2, 0) is 4.79 Å². The Balaban J connectivity index is 1.65. The number of fused-ring (bicyclic) bond motifs is 1. The van der Waals surface area contributed by atoms with E-state index in [0.29, 0.717) is 21.4 Å². The van der Waals surface area contributed by atoms with Crippen molar-refractivity contribution in [2.45, 2.75) is 38.6 Å². The minimum atomic E-state index is -0.495. The zero-order chi connectivity index (χ0) is 22.1. The van der Waals surface area contributed by atoms with Gasteiger partial charge in [-0.3, -0.25) is 4.79 Å². The molecule has 0 aromatic heterocycles. The number of hydrazone groups is 1. The topological polar surface area (TPSA) is 53.9 Å². The largest absolute Gasteiger partial charge is 0.482 e. The third-order valence-electron chi connectivity index (χ3n) is 5.40. The van der Waals surface area contributed by atoms with Crippen molar-refractivity contribution < 1.29 is 13.9 Å². The predicted octanol–water partition coefficient (Wildman–Crippen LogP) is 5.38. The van der Waals surface area contributed by atoms with Crippen LogP contribution in [-0.4, -0.2) is 31.3 Å². The second-order valence-electron chi connectivity index (χ2n) is 8.07. The van der Waals surface area contributed by atoms with E-state index >= 15 is 0 Å². The molecule has 1 unspecified atom stereocenters. The van der Waals surface area contributed by atoms with Crippen LogP contribution in [0.5, 0.6) is 5.75 Å². The number of ether oxygens (including phenoxy) is 1. The number of hydrogen-bond donors (Lipinski definition) is 1. The summed E-state index contributed by atoms with van der Waals surface area (Å²) in [6, 6.07) is 8.02. The van der Waals surface area contributed by atoms with Gasteiger partial charge in [-0.15, -0.1) is 0 Å². The molecule has 1 aliphatic rings. The lowest BCUT2D eigenvalue weighted by atomic mass is 9.80. The molecule has 1 amide bonds. The first-order valence-electron chi connectivity index (χ1n) is 9.55. The molecule has 0 radical (unpaired) electrons. The van der Waals surface area contributed by atoms with E-state index in [1.54, 1.807) is 18.2 Å². The Morgan fingerprint density at radius 2 is 2.10 bits per heavy atom. The Morgan fingerprint density at radius 1 is 1.37 bits per heavy atom. The van der Waals surface area contributed by atoms with Gasteiger partial charge in [0.25, 0.3) is 5.91 Å². The summed E-state index contributed by atoms with van der Waals surface area (Å²) >= 11 is 11.8. The molecule has 1 heterocycles. The predicted molar refractivity (Wildman–Crippen MR) is 120 cm³/mol. The minimum Gasteiger partial charge on any atom is -0.482 e. The molecule has 160 valence electrons. The minimum absolute atomic E-state index is 0.0462. The van der Waals surface area contributed by atoms with Gasteiger partial charge < -0.3 is 9.64 Å². The second kappa shape index (κ2) is 8.82. The van der Waals surface area contributed by atoms with Crippen molar-refractivity contribution >= 4 is 41.0 Å². The lowest BCUT2D eigenvalue weighted by Crippen LogP contribution is -2.45. The van der Waals surface area contributed by atoms with Crippen LogP contribution in [0.2, 0.25) is 10.0 Å². The number of rotatable bonds is 5. The summed E-state index contributed by atoms with van der Waals surface area (Å²) in [5.74, 6) is -0.272. The SMILES string of the molecule is CC1CC(C)(C)N(C)c2cc(F)c(/C=N/NC(=O)COc3ccc(Cl)cc3Cl)cc21. The van der Waals surface area contributed by atoms with Crippen LogP contribution >= 0.6 is 23.2 Å². The Hall–Kier alpha value is -2.31. The molecule has 2 aromatic rings. The monoisotopic (exact) mass is 451 g/mol. The number of anilines is 1. The Labute approximate surface area is 185 Å². The zero-order valence-electron chi connectivity index (χ0n) is 17.3.